The van der Waals surface area contributed by atoms with E-state index in [1.54, 1.807) is 23.4 Å². The van der Waals surface area contributed by atoms with Gasteiger partial charge in [-0.2, -0.15) is 5.10 Å². The maximum absolute atomic E-state index is 13.3. The van der Waals surface area contributed by atoms with Crippen LogP contribution in [0.25, 0.3) is 10.9 Å². The molecule has 2 aromatic heterocycles. The average molecular weight is 425 g/mol. The summed E-state index contributed by atoms with van der Waals surface area (Å²) in [6.45, 7) is 4.39. The molecular weight excluding hydrogens is 396 g/mol. The number of hydrogen-bond donors (Lipinski definition) is 2. The molecule has 2 aromatic rings. The quantitative estimate of drug-likeness (QED) is 0.747. The van der Waals surface area contributed by atoms with E-state index in [9.17, 15) is 14.4 Å². The minimum absolute atomic E-state index is 0.0481. The Hall–Kier alpha value is -2.97. The highest BCUT2D eigenvalue weighted by Gasteiger charge is 2.56. The summed E-state index contributed by atoms with van der Waals surface area (Å²) in [7, 11) is 0. The van der Waals surface area contributed by atoms with E-state index in [-0.39, 0.29) is 41.6 Å². The van der Waals surface area contributed by atoms with Crippen molar-refractivity contribution in [2.24, 2.45) is 17.1 Å². The molecule has 3 amide bonds. The number of hydrogen-bond acceptors (Lipinski definition) is 5. The van der Waals surface area contributed by atoms with Crippen molar-refractivity contribution in [3.8, 4) is 0 Å². The molecule has 2 aliphatic carbocycles. The predicted octanol–water partition coefficient (Wildman–Crippen LogP) is 1.21. The molecule has 3 fully saturated rings. The van der Waals surface area contributed by atoms with Gasteiger partial charge in [0.2, 0.25) is 11.8 Å². The number of nitrogens with one attached hydrogen (secondary N) is 1. The molecule has 3 N–H and O–H groups in total. The minimum Gasteiger partial charge on any atom is -0.364 e. The van der Waals surface area contributed by atoms with E-state index in [1.807, 2.05) is 0 Å². The maximum atomic E-state index is 13.3. The number of piperidine rings is 1. The molecule has 5 rings (SSSR count). The number of nitrogens with two attached hydrogens (primary N) is 1. The van der Waals surface area contributed by atoms with Gasteiger partial charge < -0.3 is 16.0 Å². The number of likely N-dealkylation sites (tertiary alicyclic amines) is 1. The lowest BCUT2D eigenvalue weighted by atomic mass is 9.92. The molecule has 0 spiro atoms. The second-order valence-electron chi connectivity index (χ2n) is 9.99. The van der Waals surface area contributed by atoms with Gasteiger partial charge >= 0.3 is 0 Å². The fourth-order valence-electron chi connectivity index (χ4n) is 5.44. The molecule has 9 heteroatoms. The van der Waals surface area contributed by atoms with Crippen LogP contribution in [0.1, 0.15) is 56.4 Å². The first-order valence-electron chi connectivity index (χ1n) is 11.0. The molecule has 1 saturated heterocycles. The van der Waals surface area contributed by atoms with Gasteiger partial charge in [-0.05, 0) is 49.5 Å². The number of primary amides is 1. The zero-order chi connectivity index (χ0) is 21.9. The lowest BCUT2D eigenvalue weighted by Crippen LogP contribution is -2.50. The van der Waals surface area contributed by atoms with Crippen LogP contribution in [0.2, 0.25) is 0 Å². The molecule has 1 aliphatic heterocycles. The van der Waals surface area contributed by atoms with E-state index in [0.29, 0.717) is 23.2 Å². The van der Waals surface area contributed by atoms with Crippen molar-refractivity contribution in [3.63, 3.8) is 0 Å². The Morgan fingerprint density at radius 2 is 2.10 bits per heavy atom. The van der Waals surface area contributed by atoms with E-state index < -0.39 is 11.9 Å². The van der Waals surface area contributed by atoms with Crippen molar-refractivity contribution in [3.05, 3.63) is 24.2 Å². The monoisotopic (exact) mass is 424 g/mol. The Bertz CT molecular complexity index is 1080. The third kappa shape index (κ3) is 3.55. The van der Waals surface area contributed by atoms with E-state index in [1.165, 1.54) is 4.68 Å². The van der Waals surface area contributed by atoms with Gasteiger partial charge in [0.05, 0.1) is 11.7 Å². The highest BCUT2D eigenvalue weighted by Crippen LogP contribution is 2.48. The SMILES string of the molecule is CC1(C)CCC(NC(=O)[C@@H]2C[C@H]3C[C@H]3N2C(=O)Cn2nc(C(N)=O)c3ccncc32)C1. The molecule has 31 heavy (non-hydrogen) atoms. The number of pyridine rings is 1. The molecule has 0 bridgehead atoms. The van der Waals surface area contributed by atoms with Crippen LogP contribution in [-0.4, -0.2) is 55.5 Å². The molecule has 3 heterocycles. The van der Waals surface area contributed by atoms with Crippen LogP contribution >= 0.6 is 0 Å². The summed E-state index contributed by atoms with van der Waals surface area (Å²) in [6, 6.07) is 1.53. The zero-order valence-electron chi connectivity index (χ0n) is 17.9. The van der Waals surface area contributed by atoms with Crippen molar-refractivity contribution >= 4 is 28.6 Å². The fourth-order valence-corrected chi connectivity index (χ4v) is 5.44. The van der Waals surface area contributed by atoms with Gasteiger partial charge in [0.15, 0.2) is 5.69 Å². The van der Waals surface area contributed by atoms with E-state index in [2.05, 4.69) is 29.2 Å². The number of nitrogens with zero attached hydrogens (tertiary/aromatic N) is 4. The zero-order valence-corrected chi connectivity index (χ0v) is 17.9. The summed E-state index contributed by atoms with van der Waals surface area (Å²) < 4.78 is 1.47. The first kappa shape index (κ1) is 20.0. The van der Waals surface area contributed by atoms with Crippen molar-refractivity contribution < 1.29 is 14.4 Å². The van der Waals surface area contributed by atoms with Crippen molar-refractivity contribution in [2.45, 2.75) is 70.6 Å². The van der Waals surface area contributed by atoms with Gasteiger partial charge in [-0.3, -0.25) is 24.0 Å². The molecular formula is C22H28N6O3. The minimum atomic E-state index is -0.650. The molecule has 0 aromatic carbocycles. The second kappa shape index (κ2) is 7.03. The van der Waals surface area contributed by atoms with Crippen molar-refractivity contribution in [1.82, 2.24) is 25.0 Å². The van der Waals surface area contributed by atoms with Gasteiger partial charge in [-0.15, -0.1) is 0 Å². The fraction of sp³-hybridized carbons (Fsp3) is 0.591. The molecule has 0 radical (unpaired) electrons. The summed E-state index contributed by atoms with van der Waals surface area (Å²) in [5.41, 5.74) is 6.39. The van der Waals surface area contributed by atoms with Gasteiger partial charge in [-0.25, -0.2) is 0 Å². The van der Waals surface area contributed by atoms with Crippen molar-refractivity contribution in [2.75, 3.05) is 0 Å². The predicted molar refractivity (Wildman–Crippen MR) is 113 cm³/mol. The normalized spacial score (nSPS) is 28.5. The smallest absolute Gasteiger partial charge is 0.269 e. The van der Waals surface area contributed by atoms with Crippen LogP contribution < -0.4 is 11.1 Å². The molecule has 9 nitrogen and oxygen atoms in total. The Balaban J connectivity index is 1.33. The average Bonchev–Trinajstić information content (AvgIpc) is 3.05. The summed E-state index contributed by atoms with van der Waals surface area (Å²) in [6.07, 6.45) is 7.83. The van der Waals surface area contributed by atoms with Crippen molar-refractivity contribution in [1.29, 1.82) is 0 Å². The Morgan fingerprint density at radius 3 is 2.81 bits per heavy atom. The highest BCUT2D eigenvalue weighted by molar-refractivity contribution is 6.04. The highest BCUT2D eigenvalue weighted by atomic mass is 16.2. The molecule has 3 aliphatic rings. The molecule has 164 valence electrons. The molecule has 1 unspecified atom stereocenters. The lowest BCUT2D eigenvalue weighted by Gasteiger charge is -2.28. The van der Waals surface area contributed by atoms with Crippen LogP contribution in [0.15, 0.2) is 18.5 Å². The van der Waals surface area contributed by atoms with Gasteiger partial charge in [0.25, 0.3) is 5.91 Å². The van der Waals surface area contributed by atoms with Crippen LogP contribution in [-0.2, 0) is 16.1 Å². The summed E-state index contributed by atoms with van der Waals surface area (Å²) in [5, 5.41) is 8.02. The number of carbonyl (C=O) groups is 3. The van der Waals surface area contributed by atoms with E-state index in [4.69, 9.17) is 5.73 Å². The van der Waals surface area contributed by atoms with Gasteiger partial charge in [0, 0.05) is 23.7 Å². The third-order valence-corrected chi connectivity index (χ3v) is 7.08. The topological polar surface area (TPSA) is 123 Å². The number of carbonyl (C=O) groups excluding carboxylic acids is 3. The van der Waals surface area contributed by atoms with Crippen LogP contribution in [0, 0.1) is 11.3 Å². The Labute approximate surface area is 180 Å². The number of amides is 3. The Kier molecular flexibility index (Phi) is 4.53. The van der Waals surface area contributed by atoms with Gasteiger partial charge in [-0.1, -0.05) is 13.8 Å². The summed E-state index contributed by atoms with van der Waals surface area (Å²) in [5.74, 6) is -0.464. The first-order valence-corrected chi connectivity index (χ1v) is 11.0. The number of fused-ring (bicyclic) bond motifs is 2. The molecule has 2 saturated carbocycles. The summed E-state index contributed by atoms with van der Waals surface area (Å²) >= 11 is 0. The molecule has 4 atom stereocenters. The third-order valence-electron chi connectivity index (χ3n) is 7.08. The van der Waals surface area contributed by atoms with Gasteiger partial charge in [0.1, 0.15) is 12.6 Å². The standard InChI is InChI=1S/C22H28N6O3/c1-22(2)5-3-13(9-22)25-21(31)16-8-12-7-15(12)28(16)18(29)11-27-17-10-24-6-4-14(17)19(26-27)20(23)30/h4,6,10,12-13,15-16H,3,5,7-9,11H2,1-2H3,(H2,23,30)(H,25,31)/t12-,13?,15-,16+/m1/s1. The summed E-state index contributed by atoms with van der Waals surface area (Å²) in [4.78, 5) is 43.9. The first-order chi connectivity index (χ1) is 14.7. The second-order valence-corrected chi connectivity index (χ2v) is 9.99. The van der Waals surface area contributed by atoms with Crippen LogP contribution in [0.5, 0.6) is 0 Å². The Morgan fingerprint density at radius 1 is 1.29 bits per heavy atom. The number of rotatable bonds is 5. The van der Waals surface area contributed by atoms with Crippen LogP contribution in [0.3, 0.4) is 0 Å². The van der Waals surface area contributed by atoms with E-state index in [0.717, 1.165) is 25.7 Å². The largest absolute Gasteiger partial charge is 0.364 e. The maximum Gasteiger partial charge on any atom is 0.269 e. The lowest BCUT2D eigenvalue weighted by molar-refractivity contribution is -0.140. The van der Waals surface area contributed by atoms with Crippen LogP contribution in [0.4, 0.5) is 0 Å². The van der Waals surface area contributed by atoms with E-state index >= 15 is 0 Å². The number of aromatic nitrogens is 3.